The Bertz CT molecular complexity index is 983. The summed E-state index contributed by atoms with van der Waals surface area (Å²) in [5.41, 5.74) is 3.84. The fourth-order valence-electron chi connectivity index (χ4n) is 2.85. The van der Waals surface area contributed by atoms with Crippen LogP contribution in [0.25, 0.3) is 0 Å². The van der Waals surface area contributed by atoms with Gasteiger partial charge in [-0.3, -0.25) is 9.59 Å². The molecule has 0 saturated heterocycles. The van der Waals surface area contributed by atoms with Gasteiger partial charge in [-0.2, -0.15) is 0 Å². The molecule has 2 N–H and O–H groups in total. The third-order valence-electron chi connectivity index (χ3n) is 4.59. The summed E-state index contributed by atoms with van der Waals surface area (Å²) >= 11 is 0. The Morgan fingerprint density at radius 2 is 1.48 bits per heavy atom. The van der Waals surface area contributed by atoms with Gasteiger partial charge < -0.3 is 15.4 Å². The van der Waals surface area contributed by atoms with E-state index >= 15 is 0 Å². The Balaban J connectivity index is 1.61. The molecule has 0 unspecified atom stereocenters. The number of ether oxygens (including phenoxy) is 1. The van der Waals surface area contributed by atoms with Crippen molar-refractivity contribution >= 4 is 23.2 Å². The van der Waals surface area contributed by atoms with Crippen LogP contribution in [0.4, 0.5) is 11.4 Å². The molecule has 0 bridgehead atoms. The second-order valence-electron chi connectivity index (χ2n) is 6.63. The number of nitrogens with one attached hydrogen (secondary N) is 2. The summed E-state index contributed by atoms with van der Waals surface area (Å²) in [5.74, 6) is 0.188. The van der Waals surface area contributed by atoms with Crippen molar-refractivity contribution in [1.29, 1.82) is 0 Å². The number of amides is 2. The molecule has 0 aliphatic rings. The van der Waals surface area contributed by atoms with E-state index in [9.17, 15) is 9.59 Å². The number of hydrogen-bond donors (Lipinski definition) is 2. The molecule has 0 fully saturated rings. The van der Waals surface area contributed by atoms with Gasteiger partial charge in [-0.1, -0.05) is 43.3 Å². The molecule has 3 aromatic rings. The molecule has 0 radical (unpaired) electrons. The number of benzene rings is 3. The van der Waals surface area contributed by atoms with Crippen LogP contribution in [-0.4, -0.2) is 18.4 Å². The molecule has 0 atom stereocenters. The molecule has 148 valence electrons. The molecule has 0 aliphatic heterocycles. The minimum atomic E-state index is -0.265. The topological polar surface area (TPSA) is 67.4 Å². The van der Waals surface area contributed by atoms with Crippen LogP contribution in [0.2, 0.25) is 0 Å². The van der Waals surface area contributed by atoms with Crippen molar-refractivity contribution in [2.75, 3.05) is 17.2 Å². The number of anilines is 2. The van der Waals surface area contributed by atoms with E-state index < -0.39 is 0 Å². The molecule has 0 saturated carbocycles. The molecule has 5 nitrogen and oxygen atoms in total. The molecule has 0 spiro atoms. The second-order valence-corrected chi connectivity index (χ2v) is 6.63. The minimum absolute atomic E-state index is 0.0918. The van der Waals surface area contributed by atoms with E-state index in [1.54, 1.807) is 30.3 Å². The van der Waals surface area contributed by atoms with E-state index in [0.717, 1.165) is 12.0 Å². The number of aryl methyl sites for hydroxylation is 1. The van der Waals surface area contributed by atoms with E-state index in [1.165, 1.54) is 5.56 Å². The molecular weight excluding hydrogens is 364 g/mol. The summed E-state index contributed by atoms with van der Waals surface area (Å²) in [6, 6.07) is 22.1. The molecule has 29 heavy (non-hydrogen) atoms. The van der Waals surface area contributed by atoms with Crippen molar-refractivity contribution in [2.24, 2.45) is 0 Å². The summed E-state index contributed by atoms with van der Waals surface area (Å²) in [6.07, 6.45) is 0.956. The molecule has 3 aromatic carbocycles. The second kappa shape index (κ2) is 9.55. The zero-order valence-electron chi connectivity index (χ0n) is 16.6. The lowest BCUT2D eigenvalue weighted by Gasteiger charge is -2.14. The molecule has 0 aliphatic carbocycles. The monoisotopic (exact) mass is 388 g/mol. The number of rotatable bonds is 7. The molecule has 2 amide bonds. The summed E-state index contributed by atoms with van der Waals surface area (Å²) in [7, 11) is 0. The van der Waals surface area contributed by atoms with Crippen molar-refractivity contribution in [2.45, 2.75) is 20.3 Å². The van der Waals surface area contributed by atoms with Gasteiger partial charge in [0.2, 0.25) is 0 Å². The van der Waals surface area contributed by atoms with Crippen molar-refractivity contribution in [1.82, 2.24) is 0 Å². The highest BCUT2D eigenvalue weighted by atomic mass is 16.5. The van der Waals surface area contributed by atoms with Gasteiger partial charge in [-0.15, -0.1) is 0 Å². The number of carbonyl (C=O) groups excluding carboxylic acids is 2. The number of hydrogen-bond acceptors (Lipinski definition) is 3. The minimum Gasteiger partial charge on any atom is -0.484 e. The lowest BCUT2D eigenvalue weighted by Crippen LogP contribution is -2.21. The summed E-state index contributed by atoms with van der Waals surface area (Å²) in [5, 5.41) is 5.73. The first-order valence-corrected chi connectivity index (χ1v) is 9.54. The van der Waals surface area contributed by atoms with Crippen LogP contribution in [0.15, 0.2) is 72.8 Å². The zero-order valence-corrected chi connectivity index (χ0v) is 16.6. The first-order valence-electron chi connectivity index (χ1n) is 9.54. The maximum atomic E-state index is 12.4. The van der Waals surface area contributed by atoms with Crippen LogP contribution in [0.5, 0.6) is 5.75 Å². The smallest absolute Gasteiger partial charge is 0.262 e. The van der Waals surface area contributed by atoms with Crippen LogP contribution in [0, 0.1) is 6.92 Å². The molecule has 3 rings (SSSR count). The quantitative estimate of drug-likeness (QED) is 0.609. The van der Waals surface area contributed by atoms with Crippen LogP contribution >= 0.6 is 0 Å². The normalized spacial score (nSPS) is 10.3. The van der Waals surface area contributed by atoms with Gasteiger partial charge in [0, 0.05) is 16.9 Å². The van der Waals surface area contributed by atoms with Gasteiger partial charge in [0.25, 0.3) is 11.8 Å². The van der Waals surface area contributed by atoms with Crippen molar-refractivity contribution < 1.29 is 14.3 Å². The third-order valence-corrected chi connectivity index (χ3v) is 4.59. The Hall–Kier alpha value is -3.60. The highest BCUT2D eigenvalue weighted by molar-refractivity contribution is 6.05. The van der Waals surface area contributed by atoms with Crippen molar-refractivity contribution in [3.8, 4) is 5.75 Å². The van der Waals surface area contributed by atoms with Crippen molar-refractivity contribution in [3.63, 3.8) is 0 Å². The fraction of sp³-hybridized carbons (Fsp3) is 0.167. The average molecular weight is 388 g/mol. The van der Waals surface area contributed by atoms with E-state index in [0.29, 0.717) is 22.7 Å². The van der Waals surface area contributed by atoms with Crippen LogP contribution in [-0.2, 0) is 11.2 Å². The van der Waals surface area contributed by atoms with Gasteiger partial charge in [0.1, 0.15) is 5.75 Å². The predicted molar refractivity (Wildman–Crippen MR) is 116 cm³/mol. The first kappa shape index (κ1) is 20.1. The van der Waals surface area contributed by atoms with Gasteiger partial charge >= 0.3 is 0 Å². The molecule has 0 heterocycles. The first-order chi connectivity index (χ1) is 14.1. The predicted octanol–water partition coefficient (Wildman–Crippen LogP) is 4.83. The average Bonchev–Trinajstić information content (AvgIpc) is 2.76. The van der Waals surface area contributed by atoms with E-state index in [4.69, 9.17) is 4.74 Å². The Morgan fingerprint density at radius 1 is 0.828 bits per heavy atom. The van der Waals surface area contributed by atoms with Gasteiger partial charge in [0.05, 0.1) is 0 Å². The van der Waals surface area contributed by atoms with E-state index in [-0.39, 0.29) is 18.4 Å². The molecule has 0 aromatic heterocycles. The zero-order chi connectivity index (χ0) is 20.6. The summed E-state index contributed by atoms with van der Waals surface area (Å²) in [4.78, 5) is 24.7. The maximum absolute atomic E-state index is 12.4. The Morgan fingerprint density at radius 3 is 2.14 bits per heavy atom. The Kier molecular flexibility index (Phi) is 6.63. The highest BCUT2D eigenvalue weighted by Gasteiger charge is 2.11. The van der Waals surface area contributed by atoms with Crippen LogP contribution in [0.3, 0.4) is 0 Å². The largest absolute Gasteiger partial charge is 0.484 e. The fourth-order valence-corrected chi connectivity index (χ4v) is 2.85. The van der Waals surface area contributed by atoms with Gasteiger partial charge in [-0.05, 0) is 60.9 Å². The molecule has 5 heteroatoms. The van der Waals surface area contributed by atoms with Gasteiger partial charge in [-0.25, -0.2) is 0 Å². The van der Waals surface area contributed by atoms with Crippen LogP contribution < -0.4 is 15.4 Å². The van der Waals surface area contributed by atoms with E-state index in [2.05, 4.69) is 17.6 Å². The van der Waals surface area contributed by atoms with Crippen LogP contribution in [0.1, 0.15) is 28.4 Å². The lowest BCUT2D eigenvalue weighted by atomic mass is 10.1. The number of carbonyl (C=O) groups is 2. The van der Waals surface area contributed by atoms with Gasteiger partial charge in [0.15, 0.2) is 6.61 Å². The lowest BCUT2D eigenvalue weighted by molar-refractivity contribution is -0.118. The summed E-state index contributed by atoms with van der Waals surface area (Å²) in [6.45, 7) is 3.84. The molecular formula is C24H24N2O3. The summed E-state index contributed by atoms with van der Waals surface area (Å²) < 4.78 is 5.55. The SMILES string of the molecule is CCc1ccc(OCC(=O)Nc2cccc(NC(=O)c3ccccc3)c2C)cc1. The standard InChI is InChI=1S/C24H24N2O3/c1-3-18-12-14-20(15-13-18)29-16-23(27)25-21-10-7-11-22(17(21)2)26-24(28)19-8-5-4-6-9-19/h4-15H,3,16H2,1-2H3,(H,25,27)(H,26,28). The van der Waals surface area contributed by atoms with E-state index in [1.807, 2.05) is 49.4 Å². The Labute approximate surface area is 170 Å². The van der Waals surface area contributed by atoms with Crippen molar-refractivity contribution in [3.05, 3.63) is 89.5 Å². The maximum Gasteiger partial charge on any atom is 0.262 e. The highest BCUT2D eigenvalue weighted by Crippen LogP contribution is 2.24. The third kappa shape index (κ3) is 5.45.